The lowest BCUT2D eigenvalue weighted by molar-refractivity contribution is 0.0924. The maximum absolute atomic E-state index is 12.9. The molecule has 8 nitrogen and oxygen atoms in total. The van der Waals surface area contributed by atoms with Crippen LogP contribution in [0.1, 0.15) is 36.5 Å². The van der Waals surface area contributed by atoms with Crippen molar-refractivity contribution in [2.24, 2.45) is 0 Å². The standard InChI is InChI=1S/C17H27N3O5S/c1-5-13(14-7-6-8-18-14)19-17(21)12-9-11(20-26(4,22)23)10-15(24-2)16(12)25-3/h9-10,13-14,18,20H,5-8H2,1-4H3,(H,19,21). The van der Waals surface area contributed by atoms with Gasteiger partial charge in [-0.15, -0.1) is 0 Å². The maximum atomic E-state index is 12.9. The van der Waals surface area contributed by atoms with E-state index >= 15 is 0 Å². The SMILES string of the molecule is CCC(NC(=O)c1cc(NS(C)(=O)=O)cc(OC)c1OC)C1CCCN1. The first kappa shape index (κ1) is 20.3. The molecule has 1 heterocycles. The second-order valence-electron chi connectivity index (χ2n) is 6.32. The number of carbonyl (C=O) groups excluding carboxylic acids is 1. The van der Waals surface area contributed by atoms with Gasteiger partial charge in [-0.3, -0.25) is 9.52 Å². The van der Waals surface area contributed by atoms with Gasteiger partial charge in [-0.05, 0) is 31.9 Å². The van der Waals surface area contributed by atoms with Crippen LogP contribution in [-0.4, -0.2) is 53.4 Å². The third kappa shape index (κ3) is 5.01. The molecule has 0 radical (unpaired) electrons. The molecule has 0 bridgehead atoms. The Morgan fingerprint density at radius 3 is 2.58 bits per heavy atom. The largest absolute Gasteiger partial charge is 0.493 e. The molecule has 1 amide bonds. The molecule has 9 heteroatoms. The van der Waals surface area contributed by atoms with Gasteiger partial charge < -0.3 is 20.1 Å². The second-order valence-corrected chi connectivity index (χ2v) is 8.07. The molecule has 2 atom stereocenters. The molecule has 1 saturated heterocycles. The first-order valence-corrected chi connectivity index (χ1v) is 10.5. The lowest BCUT2D eigenvalue weighted by Gasteiger charge is -2.24. The monoisotopic (exact) mass is 385 g/mol. The van der Waals surface area contributed by atoms with Gasteiger partial charge in [-0.1, -0.05) is 6.92 Å². The average Bonchev–Trinajstić information content (AvgIpc) is 3.11. The van der Waals surface area contributed by atoms with Crippen LogP contribution in [0.3, 0.4) is 0 Å². The summed E-state index contributed by atoms with van der Waals surface area (Å²) >= 11 is 0. The van der Waals surface area contributed by atoms with Gasteiger partial charge in [-0.25, -0.2) is 8.42 Å². The Morgan fingerprint density at radius 1 is 1.35 bits per heavy atom. The summed E-state index contributed by atoms with van der Waals surface area (Å²) in [4.78, 5) is 12.9. The van der Waals surface area contributed by atoms with Gasteiger partial charge in [0.05, 0.1) is 31.7 Å². The highest BCUT2D eigenvalue weighted by Crippen LogP contribution is 2.35. The normalized spacial score (nSPS) is 18.2. The van der Waals surface area contributed by atoms with Crippen molar-refractivity contribution in [3.8, 4) is 11.5 Å². The first-order valence-electron chi connectivity index (χ1n) is 8.57. The van der Waals surface area contributed by atoms with Crippen molar-refractivity contribution in [3.05, 3.63) is 17.7 Å². The quantitative estimate of drug-likeness (QED) is 0.624. The summed E-state index contributed by atoms with van der Waals surface area (Å²) in [5.41, 5.74) is 0.455. The van der Waals surface area contributed by atoms with Crippen LogP contribution in [0, 0.1) is 0 Å². The number of ether oxygens (including phenoxy) is 2. The molecule has 1 fully saturated rings. The van der Waals surface area contributed by atoms with Gasteiger partial charge in [0, 0.05) is 18.2 Å². The zero-order chi connectivity index (χ0) is 19.3. The van der Waals surface area contributed by atoms with E-state index in [1.54, 1.807) is 0 Å². The third-order valence-electron chi connectivity index (χ3n) is 4.37. The number of anilines is 1. The van der Waals surface area contributed by atoms with E-state index in [2.05, 4.69) is 15.4 Å². The highest BCUT2D eigenvalue weighted by atomic mass is 32.2. The number of benzene rings is 1. The van der Waals surface area contributed by atoms with Gasteiger partial charge in [0.2, 0.25) is 10.0 Å². The molecule has 3 N–H and O–H groups in total. The van der Waals surface area contributed by atoms with Crippen molar-refractivity contribution in [1.82, 2.24) is 10.6 Å². The lowest BCUT2D eigenvalue weighted by Crippen LogP contribution is -2.47. The molecule has 0 aliphatic carbocycles. The van der Waals surface area contributed by atoms with Crippen LogP contribution in [0.4, 0.5) is 5.69 Å². The van der Waals surface area contributed by atoms with Gasteiger partial charge in [0.1, 0.15) is 0 Å². The van der Waals surface area contributed by atoms with Gasteiger partial charge in [-0.2, -0.15) is 0 Å². The third-order valence-corrected chi connectivity index (χ3v) is 4.97. The van der Waals surface area contributed by atoms with Gasteiger partial charge in [0.25, 0.3) is 5.91 Å². The van der Waals surface area contributed by atoms with E-state index in [0.717, 1.165) is 32.1 Å². The summed E-state index contributed by atoms with van der Waals surface area (Å²) in [7, 11) is -0.623. The van der Waals surface area contributed by atoms with Crippen LogP contribution in [0.5, 0.6) is 11.5 Å². The number of sulfonamides is 1. The van der Waals surface area contributed by atoms with E-state index in [1.165, 1.54) is 26.4 Å². The second kappa shape index (κ2) is 8.59. The molecule has 1 aromatic carbocycles. The summed E-state index contributed by atoms with van der Waals surface area (Å²) in [6.45, 7) is 2.96. The lowest BCUT2D eigenvalue weighted by atomic mass is 10.0. The van der Waals surface area contributed by atoms with Crippen molar-refractivity contribution in [3.63, 3.8) is 0 Å². The molecule has 0 spiro atoms. The van der Waals surface area contributed by atoms with E-state index < -0.39 is 10.0 Å². The summed E-state index contributed by atoms with van der Waals surface area (Å²) < 4.78 is 36.0. The minimum absolute atomic E-state index is 0.0211. The Bertz CT molecular complexity index is 745. The minimum Gasteiger partial charge on any atom is -0.493 e. The number of amides is 1. The van der Waals surface area contributed by atoms with Crippen molar-refractivity contribution < 1.29 is 22.7 Å². The highest BCUT2D eigenvalue weighted by molar-refractivity contribution is 7.92. The average molecular weight is 385 g/mol. The predicted octanol–water partition coefficient (Wildman–Crippen LogP) is 1.34. The van der Waals surface area contributed by atoms with Gasteiger partial charge >= 0.3 is 0 Å². The number of carbonyl (C=O) groups is 1. The van der Waals surface area contributed by atoms with Crippen LogP contribution >= 0.6 is 0 Å². The smallest absolute Gasteiger partial charge is 0.255 e. The fourth-order valence-corrected chi connectivity index (χ4v) is 3.74. The van der Waals surface area contributed by atoms with Crippen LogP contribution in [0.2, 0.25) is 0 Å². The fourth-order valence-electron chi connectivity index (χ4n) is 3.19. The number of rotatable bonds is 8. The Labute approximate surface area is 154 Å². The van der Waals surface area contributed by atoms with E-state index in [0.29, 0.717) is 0 Å². The van der Waals surface area contributed by atoms with Crippen LogP contribution in [0.15, 0.2) is 12.1 Å². The van der Waals surface area contributed by atoms with E-state index in [4.69, 9.17) is 9.47 Å². The van der Waals surface area contributed by atoms with Crippen LogP contribution in [0.25, 0.3) is 0 Å². The summed E-state index contributed by atoms with van der Waals surface area (Å²) in [6, 6.07) is 3.14. The minimum atomic E-state index is -3.49. The molecule has 1 aromatic rings. The molecule has 0 aromatic heterocycles. The summed E-state index contributed by atoms with van der Waals surface area (Å²) in [5, 5.41) is 6.42. The Morgan fingerprint density at radius 2 is 2.08 bits per heavy atom. The van der Waals surface area contributed by atoms with Crippen molar-refractivity contribution in [2.75, 3.05) is 31.7 Å². The topological polar surface area (TPSA) is 106 Å². The molecular formula is C17H27N3O5S. The van der Waals surface area contributed by atoms with Crippen LogP contribution < -0.4 is 24.8 Å². The molecular weight excluding hydrogens is 358 g/mol. The fraction of sp³-hybridized carbons (Fsp3) is 0.588. The Balaban J connectivity index is 2.34. The Hall–Kier alpha value is -2.00. The van der Waals surface area contributed by atoms with Crippen molar-refractivity contribution >= 4 is 21.6 Å². The number of nitrogens with one attached hydrogen (secondary N) is 3. The van der Waals surface area contributed by atoms with E-state index in [1.807, 2.05) is 6.92 Å². The molecule has 1 aliphatic rings. The van der Waals surface area contributed by atoms with Crippen LogP contribution in [-0.2, 0) is 10.0 Å². The molecule has 0 saturated carbocycles. The molecule has 26 heavy (non-hydrogen) atoms. The van der Waals surface area contributed by atoms with Crippen molar-refractivity contribution in [2.45, 2.75) is 38.3 Å². The predicted molar refractivity (Wildman–Crippen MR) is 101 cm³/mol. The first-order chi connectivity index (χ1) is 12.3. The number of hydrogen-bond donors (Lipinski definition) is 3. The van der Waals surface area contributed by atoms with Gasteiger partial charge in [0.15, 0.2) is 11.5 Å². The molecule has 2 rings (SSSR count). The van der Waals surface area contributed by atoms with Crippen molar-refractivity contribution in [1.29, 1.82) is 0 Å². The molecule has 2 unspecified atom stereocenters. The molecule has 146 valence electrons. The zero-order valence-electron chi connectivity index (χ0n) is 15.6. The van der Waals surface area contributed by atoms with E-state index in [-0.39, 0.29) is 40.7 Å². The number of hydrogen-bond acceptors (Lipinski definition) is 6. The maximum Gasteiger partial charge on any atom is 0.255 e. The summed E-state index contributed by atoms with van der Waals surface area (Å²) in [6.07, 6.45) is 3.92. The summed E-state index contributed by atoms with van der Waals surface area (Å²) in [5.74, 6) is 0.203. The highest BCUT2D eigenvalue weighted by Gasteiger charge is 2.27. The molecule has 1 aliphatic heterocycles. The Kier molecular flexibility index (Phi) is 6.71. The van der Waals surface area contributed by atoms with E-state index in [9.17, 15) is 13.2 Å². The number of methoxy groups -OCH3 is 2. The zero-order valence-corrected chi connectivity index (χ0v) is 16.4.